The van der Waals surface area contributed by atoms with Crippen molar-refractivity contribution in [2.75, 3.05) is 12.0 Å². The second-order valence-electron chi connectivity index (χ2n) is 3.04. The fourth-order valence-corrected chi connectivity index (χ4v) is 1.84. The van der Waals surface area contributed by atoms with Gasteiger partial charge in [-0.15, -0.1) is 0 Å². The van der Waals surface area contributed by atoms with Crippen LogP contribution in [0.4, 0.5) is 0 Å². The molecule has 1 unspecified atom stereocenters. The van der Waals surface area contributed by atoms with Gasteiger partial charge in [0.15, 0.2) is 0 Å². The van der Waals surface area contributed by atoms with Crippen molar-refractivity contribution in [1.29, 1.82) is 0 Å². The Morgan fingerprint density at radius 2 is 2.20 bits per heavy atom. The molecule has 0 fully saturated rings. The fourth-order valence-electron chi connectivity index (χ4n) is 1.13. The topological polar surface area (TPSA) is 71.9 Å². The predicted octanol–water partition coefficient (Wildman–Crippen LogP) is -0.0414. The average molecular weight is 251 g/mol. The third-order valence-electron chi connectivity index (χ3n) is 1.80. The van der Waals surface area contributed by atoms with E-state index in [0.29, 0.717) is 12.2 Å². The standard InChI is InChI=1S/C8H11ClN2O3S/c1-15(14)4-2-3-11-7(12)5-6(9)10-8(11)13/h5H,2-4H2,1H3,(H,10,13). The van der Waals surface area contributed by atoms with Crippen LogP contribution in [0.2, 0.25) is 5.15 Å². The van der Waals surface area contributed by atoms with Gasteiger partial charge in [-0.2, -0.15) is 0 Å². The molecule has 1 N–H and O–H groups in total. The normalized spacial score (nSPS) is 12.7. The number of aromatic amines is 1. The van der Waals surface area contributed by atoms with Gasteiger partial charge in [-0.1, -0.05) is 11.6 Å². The molecule has 1 aromatic rings. The van der Waals surface area contributed by atoms with Crippen molar-refractivity contribution in [3.05, 3.63) is 32.1 Å². The predicted molar refractivity (Wildman–Crippen MR) is 59.9 cm³/mol. The lowest BCUT2D eigenvalue weighted by atomic mass is 10.4. The molecule has 0 spiro atoms. The van der Waals surface area contributed by atoms with E-state index in [2.05, 4.69) is 4.98 Å². The first kappa shape index (κ1) is 12.2. The Bertz CT molecular complexity index is 448. The smallest absolute Gasteiger partial charge is 0.298 e. The minimum Gasteiger partial charge on any atom is -0.298 e. The van der Waals surface area contributed by atoms with Crippen molar-refractivity contribution in [3.8, 4) is 0 Å². The molecule has 7 heteroatoms. The monoisotopic (exact) mass is 250 g/mol. The number of nitrogens with zero attached hydrogens (tertiary/aromatic N) is 1. The molecule has 0 saturated heterocycles. The van der Waals surface area contributed by atoms with Crippen molar-refractivity contribution in [2.24, 2.45) is 0 Å². The Balaban J connectivity index is 2.82. The van der Waals surface area contributed by atoms with Crippen LogP contribution >= 0.6 is 11.6 Å². The van der Waals surface area contributed by atoms with E-state index >= 15 is 0 Å². The number of nitrogens with one attached hydrogen (secondary N) is 1. The minimum absolute atomic E-state index is 0.0281. The molecule has 0 saturated carbocycles. The maximum atomic E-state index is 11.3. The number of rotatable bonds is 4. The number of hydrogen-bond donors (Lipinski definition) is 1. The quantitative estimate of drug-likeness (QED) is 0.762. The molecule has 0 aromatic carbocycles. The Hall–Kier alpha value is -0.880. The first-order valence-corrected chi connectivity index (χ1v) is 6.41. The molecular formula is C8H11ClN2O3S. The Morgan fingerprint density at radius 3 is 2.73 bits per heavy atom. The first-order valence-electron chi connectivity index (χ1n) is 4.30. The molecule has 84 valence electrons. The van der Waals surface area contributed by atoms with Crippen LogP contribution in [0.1, 0.15) is 6.42 Å². The van der Waals surface area contributed by atoms with Crippen LogP contribution < -0.4 is 11.2 Å². The molecule has 1 atom stereocenters. The minimum atomic E-state index is -0.911. The Kier molecular flexibility index (Phi) is 4.28. The van der Waals surface area contributed by atoms with Gasteiger partial charge >= 0.3 is 5.69 Å². The van der Waals surface area contributed by atoms with Gasteiger partial charge in [-0.3, -0.25) is 18.6 Å². The highest BCUT2D eigenvalue weighted by atomic mass is 35.5. The van der Waals surface area contributed by atoms with Crippen molar-refractivity contribution in [1.82, 2.24) is 9.55 Å². The summed E-state index contributed by atoms with van der Waals surface area (Å²) in [5.41, 5.74) is -0.972. The molecular weight excluding hydrogens is 240 g/mol. The van der Waals surface area contributed by atoms with E-state index < -0.39 is 22.0 Å². The van der Waals surface area contributed by atoms with E-state index in [0.717, 1.165) is 10.6 Å². The fraction of sp³-hybridized carbons (Fsp3) is 0.500. The summed E-state index contributed by atoms with van der Waals surface area (Å²) in [5, 5.41) is 0.0281. The van der Waals surface area contributed by atoms with Gasteiger partial charge in [0.2, 0.25) is 0 Å². The van der Waals surface area contributed by atoms with Crippen molar-refractivity contribution < 1.29 is 4.21 Å². The van der Waals surface area contributed by atoms with Crippen LogP contribution in [0.3, 0.4) is 0 Å². The van der Waals surface area contributed by atoms with Crippen molar-refractivity contribution in [3.63, 3.8) is 0 Å². The Morgan fingerprint density at radius 1 is 1.53 bits per heavy atom. The van der Waals surface area contributed by atoms with E-state index in [9.17, 15) is 13.8 Å². The van der Waals surface area contributed by atoms with E-state index in [1.165, 1.54) is 0 Å². The lowest BCUT2D eigenvalue weighted by Crippen LogP contribution is -2.34. The van der Waals surface area contributed by atoms with E-state index in [-0.39, 0.29) is 11.7 Å². The summed E-state index contributed by atoms with van der Waals surface area (Å²) in [6.07, 6.45) is 2.10. The molecule has 0 aliphatic carbocycles. The molecule has 0 radical (unpaired) electrons. The van der Waals surface area contributed by atoms with Crippen LogP contribution in [0.5, 0.6) is 0 Å². The number of halogens is 1. The van der Waals surface area contributed by atoms with Crippen LogP contribution in [0.25, 0.3) is 0 Å². The molecule has 5 nitrogen and oxygen atoms in total. The van der Waals surface area contributed by atoms with Gasteiger partial charge in [-0.05, 0) is 6.42 Å². The maximum Gasteiger partial charge on any atom is 0.329 e. The van der Waals surface area contributed by atoms with Crippen molar-refractivity contribution >= 4 is 22.4 Å². The van der Waals surface area contributed by atoms with Gasteiger partial charge in [-0.25, -0.2) is 4.79 Å². The Labute approximate surface area is 93.5 Å². The highest BCUT2D eigenvalue weighted by molar-refractivity contribution is 7.84. The maximum absolute atomic E-state index is 11.3. The van der Waals surface area contributed by atoms with E-state index in [4.69, 9.17) is 11.6 Å². The first-order chi connectivity index (χ1) is 7.00. The van der Waals surface area contributed by atoms with Crippen molar-refractivity contribution in [2.45, 2.75) is 13.0 Å². The summed E-state index contributed by atoms with van der Waals surface area (Å²) in [6, 6.07) is 1.14. The summed E-state index contributed by atoms with van der Waals surface area (Å²) in [5.74, 6) is 0.467. The highest BCUT2D eigenvalue weighted by Gasteiger charge is 2.02. The summed E-state index contributed by atoms with van der Waals surface area (Å²) in [7, 11) is -0.911. The molecule has 15 heavy (non-hydrogen) atoms. The van der Waals surface area contributed by atoms with Crippen LogP contribution in [0, 0.1) is 0 Å². The van der Waals surface area contributed by atoms with Crippen LogP contribution in [0.15, 0.2) is 15.7 Å². The van der Waals surface area contributed by atoms with Gasteiger partial charge in [0.05, 0.1) is 0 Å². The molecule has 0 aliphatic rings. The third kappa shape index (κ3) is 3.64. The number of H-pyrrole nitrogens is 1. The summed E-state index contributed by atoms with van der Waals surface area (Å²) in [6.45, 7) is 0.255. The van der Waals surface area contributed by atoms with Gasteiger partial charge in [0.25, 0.3) is 5.56 Å². The molecule has 1 aromatic heterocycles. The average Bonchev–Trinajstić information content (AvgIpc) is 2.08. The lowest BCUT2D eigenvalue weighted by molar-refractivity contribution is 0.613. The molecule has 0 bridgehead atoms. The molecule has 1 heterocycles. The second kappa shape index (κ2) is 5.27. The zero-order valence-electron chi connectivity index (χ0n) is 8.16. The molecule has 0 amide bonds. The highest BCUT2D eigenvalue weighted by Crippen LogP contribution is 1.94. The summed E-state index contributed by atoms with van der Waals surface area (Å²) >= 11 is 5.49. The lowest BCUT2D eigenvalue weighted by Gasteiger charge is -2.02. The van der Waals surface area contributed by atoms with Gasteiger partial charge in [0.1, 0.15) is 5.15 Å². The third-order valence-corrected chi connectivity index (χ3v) is 2.87. The van der Waals surface area contributed by atoms with Crippen LogP contribution in [-0.2, 0) is 17.3 Å². The van der Waals surface area contributed by atoms with E-state index in [1.54, 1.807) is 6.26 Å². The van der Waals surface area contributed by atoms with Gasteiger partial charge in [0, 0.05) is 35.4 Å². The number of aromatic nitrogens is 2. The molecule has 0 aliphatic heterocycles. The van der Waals surface area contributed by atoms with Gasteiger partial charge < -0.3 is 0 Å². The van der Waals surface area contributed by atoms with Crippen LogP contribution in [-0.4, -0.2) is 25.8 Å². The largest absolute Gasteiger partial charge is 0.329 e. The second-order valence-corrected chi connectivity index (χ2v) is 5.01. The zero-order valence-corrected chi connectivity index (χ0v) is 9.73. The SMILES string of the molecule is CS(=O)CCCn1c(=O)cc(Cl)[nH]c1=O. The number of hydrogen-bond acceptors (Lipinski definition) is 3. The summed E-state index contributed by atoms with van der Waals surface area (Å²) in [4.78, 5) is 24.9. The zero-order chi connectivity index (χ0) is 11.4. The summed E-state index contributed by atoms with van der Waals surface area (Å²) < 4.78 is 11.8. The van der Waals surface area contributed by atoms with E-state index in [1.807, 2.05) is 0 Å². The molecule has 1 rings (SSSR count).